The minimum atomic E-state index is -0.719. The van der Waals surface area contributed by atoms with E-state index in [9.17, 15) is 4.79 Å². The second-order valence-electron chi connectivity index (χ2n) is 3.89. The summed E-state index contributed by atoms with van der Waals surface area (Å²) in [5.41, 5.74) is 0.942. The fourth-order valence-electron chi connectivity index (χ4n) is 1.66. The Morgan fingerprint density at radius 1 is 1.50 bits per heavy atom. The maximum Gasteiger partial charge on any atom is 0.308 e. The summed E-state index contributed by atoms with van der Waals surface area (Å²) in [4.78, 5) is 10.6. The van der Waals surface area contributed by atoms with Gasteiger partial charge >= 0.3 is 5.97 Å². The highest BCUT2D eigenvalue weighted by Crippen LogP contribution is 2.33. The van der Waals surface area contributed by atoms with Crippen molar-refractivity contribution in [1.29, 1.82) is 0 Å². The van der Waals surface area contributed by atoms with Crippen LogP contribution in [-0.4, -0.2) is 23.7 Å². The van der Waals surface area contributed by atoms with E-state index in [0.29, 0.717) is 13.0 Å². The second-order valence-corrected chi connectivity index (χ2v) is 3.89. The van der Waals surface area contributed by atoms with E-state index in [4.69, 9.17) is 9.84 Å². The van der Waals surface area contributed by atoms with Crippen molar-refractivity contribution in [2.24, 2.45) is 5.92 Å². The van der Waals surface area contributed by atoms with E-state index >= 15 is 0 Å². The first-order valence-electron chi connectivity index (χ1n) is 5.43. The van der Waals surface area contributed by atoms with Crippen molar-refractivity contribution in [1.82, 2.24) is 0 Å². The number of hydrogen-bond acceptors (Lipinski definition) is 3. The zero-order valence-electron chi connectivity index (χ0n) is 9.14. The van der Waals surface area contributed by atoms with Gasteiger partial charge in [-0.05, 0) is 37.6 Å². The summed E-state index contributed by atoms with van der Waals surface area (Å²) < 4.78 is 5.32. The fourth-order valence-corrected chi connectivity index (χ4v) is 1.66. The second kappa shape index (κ2) is 4.43. The molecule has 1 aromatic carbocycles. The normalized spacial score (nSPS) is 22.6. The Morgan fingerprint density at radius 3 is 2.69 bits per heavy atom. The Kier molecular flexibility index (Phi) is 2.99. The highest BCUT2D eigenvalue weighted by molar-refractivity contribution is 5.75. The highest BCUT2D eigenvalue weighted by Gasteiger charge is 2.43. The van der Waals surface area contributed by atoms with Crippen LogP contribution in [0.2, 0.25) is 0 Å². The van der Waals surface area contributed by atoms with Crippen molar-refractivity contribution in [3.8, 4) is 5.75 Å². The number of nitrogens with one attached hydrogen (secondary N) is 1. The van der Waals surface area contributed by atoms with Gasteiger partial charge in [-0.3, -0.25) is 4.79 Å². The zero-order chi connectivity index (χ0) is 11.5. The molecule has 2 N–H and O–H groups in total. The lowest BCUT2D eigenvalue weighted by Gasteiger charge is -2.06. The molecule has 1 aliphatic rings. The highest BCUT2D eigenvalue weighted by atomic mass is 16.5. The van der Waals surface area contributed by atoms with Gasteiger partial charge in [-0.25, -0.2) is 0 Å². The number of carboxylic acids is 1. The van der Waals surface area contributed by atoms with Crippen LogP contribution in [0.1, 0.15) is 13.3 Å². The molecular formula is C12H15NO3. The van der Waals surface area contributed by atoms with Crippen LogP contribution in [0.3, 0.4) is 0 Å². The molecule has 2 atom stereocenters. The van der Waals surface area contributed by atoms with Gasteiger partial charge < -0.3 is 15.2 Å². The maximum atomic E-state index is 10.6. The van der Waals surface area contributed by atoms with Gasteiger partial charge in [-0.1, -0.05) is 0 Å². The van der Waals surface area contributed by atoms with E-state index in [1.54, 1.807) is 0 Å². The molecular weight excluding hydrogens is 206 g/mol. The average Bonchev–Trinajstić information content (AvgIpc) is 3.01. The van der Waals surface area contributed by atoms with Crippen molar-refractivity contribution < 1.29 is 14.6 Å². The Hall–Kier alpha value is -1.71. The number of carboxylic acid groups (broad SMARTS) is 1. The van der Waals surface area contributed by atoms with Crippen molar-refractivity contribution in [2.75, 3.05) is 11.9 Å². The van der Waals surface area contributed by atoms with Crippen molar-refractivity contribution >= 4 is 11.7 Å². The van der Waals surface area contributed by atoms with Gasteiger partial charge in [0.15, 0.2) is 0 Å². The first kappa shape index (κ1) is 10.8. The molecule has 2 rings (SSSR count). The number of benzene rings is 1. The Morgan fingerprint density at radius 2 is 2.19 bits per heavy atom. The largest absolute Gasteiger partial charge is 0.494 e. The van der Waals surface area contributed by atoms with E-state index in [0.717, 1.165) is 11.4 Å². The third-order valence-corrected chi connectivity index (χ3v) is 2.63. The lowest BCUT2D eigenvalue weighted by Crippen LogP contribution is -2.09. The molecule has 4 heteroatoms. The summed E-state index contributed by atoms with van der Waals surface area (Å²) in [6.45, 7) is 2.59. The number of rotatable bonds is 5. The van der Waals surface area contributed by atoms with Gasteiger partial charge in [0.05, 0.1) is 12.5 Å². The van der Waals surface area contributed by atoms with E-state index in [2.05, 4.69) is 5.32 Å². The third-order valence-electron chi connectivity index (χ3n) is 2.63. The molecule has 0 amide bonds. The van der Waals surface area contributed by atoms with Crippen LogP contribution in [0.5, 0.6) is 5.75 Å². The van der Waals surface area contributed by atoms with Gasteiger partial charge in [0, 0.05) is 11.7 Å². The van der Waals surface area contributed by atoms with E-state index in [1.165, 1.54) is 0 Å². The maximum absolute atomic E-state index is 10.6. The molecule has 0 heterocycles. The molecule has 86 valence electrons. The Bertz CT molecular complexity index is 374. The molecule has 0 aromatic heterocycles. The number of anilines is 1. The molecule has 16 heavy (non-hydrogen) atoms. The number of hydrogen-bond donors (Lipinski definition) is 2. The van der Waals surface area contributed by atoms with E-state index in [-0.39, 0.29) is 12.0 Å². The quantitative estimate of drug-likeness (QED) is 0.798. The summed E-state index contributed by atoms with van der Waals surface area (Å²) >= 11 is 0. The van der Waals surface area contributed by atoms with Crippen LogP contribution >= 0.6 is 0 Å². The number of ether oxygens (including phenoxy) is 1. The van der Waals surface area contributed by atoms with E-state index < -0.39 is 5.97 Å². The Balaban J connectivity index is 1.89. The predicted molar refractivity (Wildman–Crippen MR) is 60.8 cm³/mol. The summed E-state index contributed by atoms with van der Waals surface area (Å²) in [5, 5.41) is 11.9. The SMILES string of the molecule is CCOc1ccc(NC2CC2C(=O)O)cc1. The molecule has 0 saturated heterocycles. The molecule has 1 fully saturated rings. The summed E-state index contributed by atoms with van der Waals surface area (Å²) in [7, 11) is 0. The molecule has 1 saturated carbocycles. The van der Waals surface area contributed by atoms with E-state index in [1.807, 2.05) is 31.2 Å². The van der Waals surface area contributed by atoms with Gasteiger partial charge in [0.25, 0.3) is 0 Å². The molecule has 0 radical (unpaired) electrons. The number of carbonyl (C=O) groups is 1. The van der Waals surface area contributed by atoms with Crippen molar-refractivity contribution in [2.45, 2.75) is 19.4 Å². The molecule has 1 aromatic rings. The minimum Gasteiger partial charge on any atom is -0.494 e. The smallest absolute Gasteiger partial charge is 0.308 e. The molecule has 0 aliphatic heterocycles. The standard InChI is InChI=1S/C12H15NO3/c1-2-16-9-5-3-8(4-6-9)13-11-7-10(11)12(14)15/h3-6,10-11,13H,2,7H2,1H3,(H,14,15). The first-order valence-corrected chi connectivity index (χ1v) is 5.43. The summed E-state index contributed by atoms with van der Waals surface area (Å²) in [6, 6.07) is 7.65. The summed E-state index contributed by atoms with van der Waals surface area (Å²) in [6.07, 6.45) is 0.711. The lowest BCUT2D eigenvalue weighted by atomic mass is 10.3. The van der Waals surface area contributed by atoms with Crippen LogP contribution in [0.25, 0.3) is 0 Å². The molecule has 2 unspecified atom stereocenters. The average molecular weight is 221 g/mol. The molecule has 1 aliphatic carbocycles. The first-order chi connectivity index (χ1) is 7.70. The monoisotopic (exact) mass is 221 g/mol. The lowest BCUT2D eigenvalue weighted by molar-refractivity contribution is -0.138. The van der Waals surface area contributed by atoms with Gasteiger partial charge in [-0.2, -0.15) is 0 Å². The number of aliphatic carboxylic acids is 1. The van der Waals surface area contributed by atoms with Crippen LogP contribution in [0.4, 0.5) is 5.69 Å². The third kappa shape index (κ3) is 2.45. The van der Waals surface area contributed by atoms with Crippen LogP contribution < -0.4 is 10.1 Å². The van der Waals surface area contributed by atoms with Crippen LogP contribution in [-0.2, 0) is 4.79 Å². The topological polar surface area (TPSA) is 58.6 Å². The van der Waals surface area contributed by atoms with Gasteiger partial charge in [-0.15, -0.1) is 0 Å². The van der Waals surface area contributed by atoms with Gasteiger partial charge in [0.1, 0.15) is 5.75 Å². The van der Waals surface area contributed by atoms with Crippen molar-refractivity contribution in [3.63, 3.8) is 0 Å². The molecule has 0 spiro atoms. The van der Waals surface area contributed by atoms with Crippen molar-refractivity contribution in [3.05, 3.63) is 24.3 Å². The fraction of sp³-hybridized carbons (Fsp3) is 0.417. The molecule has 4 nitrogen and oxygen atoms in total. The van der Waals surface area contributed by atoms with Gasteiger partial charge in [0.2, 0.25) is 0 Å². The Labute approximate surface area is 94.2 Å². The zero-order valence-corrected chi connectivity index (χ0v) is 9.14. The van der Waals surface area contributed by atoms with Crippen LogP contribution in [0.15, 0.2) is 24.3 Å². The predicted octanol–water partition coefficient (Wildman–Crippen LogP) is 1.97. The molecule has 0 bridgehead atoms. The minimum absolute atomic E-state index is 0.0791. The summed E-state index contributed by atoms with van der Waals surface area (Å²) in [5.74, 6) is -0.117. The van der Waals surface area contributed by atoms with Crippen LogP contribution in [0, 0.1) is 5.92 Å².